The Morgan fingerprint density at radius 3 is 2.59 bits per heavy atom. The van der Waals surface area contributed by atoms with Crippen LogP contribution in [0.25, 0.3) is 0 Å². The number of hydrogen-bond acceptors (Lipinski definition) is 4. The van der Waals surface area contributed by atoms with Gasteiger partial charge in [0.1, 0.15) is 11.5 Å². The van der Waals surface area contributed by atoms with Gasteiger partial charge in [-0.1, -0.05) is 60.7 Å². The minimum Gasteiger partial charge on any atom is -0.445 e. The van der Waals surface area contributed by atoms with Crippen LogP contribution >= 0.6 is 11.8 Å². The predicted octanol–water partition coefficient (Wildman–Crippen LogP) is 3.36. The molecule has 140 valence electrons. The van der Waals surface area contributed by atoms with E-state index in [9.17, 15) is 9.59 Å². The first-order chi connectivity index (χ1) is 13.2. The lowest BCUT2D eigenvalue weighted by Crippen LogP contribution is -2.70. The highest BCUT2D eigenvalue weighted by Crippen LogP contribution is 2.56. The van der Waals surface area contributed by atoms with Crippen LogP contribution in [0, 0.1) is 5.92 Å². The molecule has 4 rings (SSSR count). The fourth-order valence-electron chi connectivity index (χ4n) is 3.85. The lowest BCUT2D eigenvalue weighted by Gasteiger charge is -2.59. The fraction of sp³-hybridized carbons (Fsp3) is 0.333. The number of carbonyl (C=O) groups is 2. The summed E-state index contributed by atoms with van der Waals surface area (Å²) in [7, 11) is 0. The molecule has 0 aliphatic carbocycles. The van der Waals surface area contributed by atoms with Crippen LogP contribution in [0.1, 0.15) is 17.5 Å². The second-order valence-electron chi connectivity index (χ2n) is 6.75. The maximum absolute atomic E-state index is 12.7. The van der Waals surface area contributed by atoms with Crippen LogP contribution in [0.5, 0.6) is 0 Å². The third-order valence-electron chi connectivity index (χ3n) is 5.14. The van der Waals surface area contributed by atoms with Gasteiger partial charge in [0.2, 0.25) is 5.91 Å². The van der Waals surface area contributed by atoms with Crippen molar-refractivity contribution < 1.29 is 14.3 Å². The maximum atomic E-state index is 12.7. The molecule has 0 unspecified atom stereocenters. The zero-order chi connectivity index (χ0) is 18.7. The summed E-state index contributed by atoms with van der Waals surface area (Å²) in [6.07, 6.45) is 0.513. The quantitative estimate of drug-likeness (QED) is 0.806. The van der Waals surface area contributed by atoms with Gasteiger partial charge in [0.25, 0.3) is 0 Å². The molecule has 2 aliphatic rings. The van der Waals surface area contributed by atoms with Crippen molar-refractivity contribution in [3.63, 3.8) is 0 Å². The van der Waals surface area contributed by atoms with E-state index in [0.29, 0.717) is 0 Å². The molecule has 2 aromatic rings. The van der Waals surface area contributed by atoms with Crippen molar-refractivity contribution >= 4 is 23.8 Å². The number of alkyl carbamates (subject to hydrolysis) is 1. The third-order valence-corrected chi connectivity index (χ3v) is 6.81. The zero-order valence-electron chi connectivity index (χ0n) is 15.0. The van der Waals surface area contributed by atoms with E-state index in [1.807, 2.05) is 53.4 Å². The van der Waals surface area contributed by atoms with Crippen molar-refractivity contribution in [2.75, 3.05) is 18.8 Å². The molecule has 0 bridgehead atoms. The number of thioether (sulfide) groups is 1. The molecule has 1 N–H and O–H groups in total. The number of carbonyl (C=O) groups excluding carboxylic acids is 2. The standard InChI is InChI=1S/C21H22N2O3S/c24-19-18(14-22-20(25)26-15-16-8-3-1-4-9-16)21(17-10-5-2-6-11-17)23(19)12-7-13-27-21/h1-6,8-11,18H,7,12-15H2,(H,22,25)/t18-,21+/m1/s1. The van der Waals surface area contributed by atoms with Crippen LogP contribution in [0.2, 0.25) is 0 Å². The van der Waals surface area contributed by atoms with Gasteiger partial charge < -0.3 is 15.0 Å². The van der Waals surface area contributed by atoms with Gasteiger partial charge in [-0.15, -0.1) is 11.8 Å². The third kappa shape index (κ3) is 3.30. The summed E-state index contributed by atoms with van der Waals surface area (Å²) >= 11 is 1.80. The number of nitrogens with zero attached hydrogens (tertiary/aromatic N) is 1. The van der Waals surface area contributed by atoms with E-state index in [4.69, 9.17) is 4.74 Å². The molecule has 2 fully saturated rings. The molecule has 2 aromatic carbocycles. The van der Waals surface area contributed by atoms with Gasteiger partial charge in [0.15, 0.2) is 0 Å². The highest BCUT2D eigenvalue weighted by atomic mass is 32.2. The van der Waals surface area contributed by atoms with E-state index < -0.39 is 6.09 Å². The molecule has 5 nitrogen and oxygen atoms in total. The highest BCUT2D eigenvalue weighted by molar-refractivity contribution is 8.00. The monoisotopic (exact) mass is 382 g/mol. The number of nitrogens with one attached hydrogen (secondary N) is 1. The minimum atomic E-state index is -0.492. The SMILES string of the molecule is O=C(NC[C@@H]1C(=O)N2CCCS[C@@]12c1ccccc1)OCc1ccccc1. The number of hydrogen-bond donors (Lipinski definition) is 1. The van der Waals surface area contributed by atoms with Crippen molar-refractivity contribution in [2.24, 2.45) is 5.92 Å². The molecule has 2 saturated heterocycles. The molecule has 2 heterocycles. The Labute approximate surface area is 163 Å². The second-order valence-corrected chi connectivity index (χ2v) is 8.07. The molecule has 2 amide bonds. The summed E-state index contributed by atoms with van der Waals surface area (Å²) < 4.78 is 5.28. The molecular weight excluding hydrogens is 360 g/mol. The summed E-state index contributed by atoms with van der Waals surface area (Å²) in [6, 6.07) is 19.7. The first-order valence-electron chi connectivity index (χ1n) is 9.17. The van der Waals surface area contributed by atoms with E-state index in [2.05, 4.69) is 17.4 Å². The summed E-state index contributed by atoms with van der Waals surface area (Å²) in [4.78, 5) is 26.4. The van der Waals surface area contributed by atoms with E-state index in [1.165, 1.54) is 0 Å². The van der Waals surface area contributed by atoms with E-state index in [-0.39, 0.29) is 29.8 Å². The largest absolute Gasteiger partial charge is 0.445 e. The van der Waals surface area contributed by atoms with Crippen molar-refractivity contribution in [3.05, 3.63) is 71.8 Å². The lowest BCUT2D eigenvalue weighted by atomic mass is 9.80. The van der Waals surface area contributed by atoms with Gasteiger partial charge in [-0.05, 0) is 23.3 Å². The normalized spacial score (nSPS) is 23.9. The van der Waals surface area contributed by atoms with Gasteiger partial charge in [-0.3, -0.25) is 4.79 Å². The van der Waals surface area contributed by atoms with Gasteiger partial charge in [0.05, 0.1) is 5.92 Å². The number of fused-ring (bicyclic) bond motifs is 1. The topological polar surface area (TPSA) is 58.6 Å². The first kappa shape index (κ1) is 17.9. The number of benzene rings is 2. The number of ether oxygens (including phenoxy) is 1. The van der Waals surface area contributed by atoms with Crippen molar-refractivity contribution in [2.45, 2.75) is 17.9 Å². The van der Waals surface area contributed by atoms with Crippen LogP contribution in [0.4, 0.5) is 4.79 Å². The molecule has 2 atom stereocenters. The maximum Gasteiger partial charge on any atom is 0.407 e. The first-order valence-corrected chi connectivity index (χ1v) is 10.2. The van der Waals surface area contributed by atoms with Crippen LogP contribution in [0.3, 0.4) is 0 Å². The average Bonchev–Trinajstić information content (AvgIpc) is 2.73. The molecule has 6 heteroatoms. The Morgan fingerprint density at radius 2 is 1.85 bits per heavy atom. The van der Waals surface area contributed by atoms with E-state index in [0.717, 1.165) is 29.8 Å². The van der Waals surface area contributed by atoms with Gasteiger partial charge in [-0.25, -0.2) is 4.79 Å². The summed E-state index contributed by atoms with van der Waals surface area (Å²) in [5.41, 5.74) is 2.06. The summed E-state index contributed by atoms with van der Waals surface area (Å²) in [6.45, 7) is 1.27. The Balaban J connectivity index is 1.41. The van der Waals surface area contributed by atoms with Crippen molar-refractivity contribution in [3.8, 4) is 0 Å². The number of amides is 2. The molecule has 0 radical (unpaired) electrons. The van der Waals surface area contributed by atoms with Crippen LogP contribution in [-0.2, 0) is 21.0 Å². The molecular formula is C21H22N2O3S. The summed E-state index contributed by atoms with van der Waals surface area (Å²) in [5.74, 6) is 0.845. The molecule has 0 saturated carbocycles. The number of β-lactam (4-membered cyclic amide) rings is 1. The smallest absolute Gasteiger partial charge is 0.407 e. The van der Waals surface area contributed by atoms with Crippen molar-refractivity contribution in [1.82, 2.24) is 10.2 Å². The molecule has 0 spiro atoms. The van der Waals surface area contributed by atoms with Gasteiger partial charge >= 0.3 is 6.09 Å². The highest BCUT2D eigenvalue weighted by Gasteiger charge is 2.62. The molecule has 2 aliphatic heterocycles. The fourth-order valence-corrected chi connectivity index (χ4v) is 5.46. The Hall–Kier alpha value is -2.47. The summed E-state index contributed by atoms with van der Waals surface area (Å²) in [5, 5.41) is 2.79. The van der Waals surface area contributed by atoms with Crippen molar-refractivity contribution in [1.29, 1.82) is 0 Å². The average molecular weight is 382 g/mol. The predicted molar refractivity (Wildman–Crippen MR) is 105 cm³/mol. The molecule has 0 aromatic heterocycles. The van der Waals surface area contributed by atoms with Gasteiger partial charge in [0, 0.05) is 13.1 Å². The van der Waals surface area contributed by atoms with E-state index in [1.54, 1.807) is 11.8 Å². The Morgan fingerprint density at radius 1 is 1.15 bits per heavy atom. The zero-order valence-corrected chi connectivity index (χ0v) is 15.8. The molecule has 27 heavy (non-hydrogen) atoms. The Kier molecular flexibility index (Phi) is 5.07. The van der Waals surface area contributed by atoms with Crippen LogP contribution in [0.15, 0.2) is 60.7 Å². The van der Waals surface area contributed by atoms with E-state index >= 15 is 0 Å². The number of rotatable bonds is 5. The second kappa shape index (κ2) is 7.64. The van der Waals surface area contributed by atoms with Crippen LogP contribution in [-0.4, -0.2) is 35.7 Å². The van der Waals surface area contributed by atoms with Gasteiger partial charge in [-0.2, -0.15) is 0 Å². The minimum absolute atomic E-state index is 0.106. The van der Waals surface area contributed by atoms with Crippen LogP contribution < -0.4 is 5.32 Å². The Bertz CT molecular complexity index is 815. The lowest BCUT2D eigenvalue weighted by molar-refractivity contribution is -0.161.